The number of rotatable bonds is 1. The molecule has 0 bridgehead atoms. The fraction of sp³-hybridized carbons (Fsp3) is 0.385. The largest absolute Gasteiger partial charge is 0.481 e. The van der Waals surface area contributed by atoms with Crippen LogP contribution in [0.25, 0.3) is 0 Å². The highest BCUT2D eigenvalue weighted by atomic mass is 16.4. The maximum atomic E-state index is 10.5. The van der Waals surface area contributed by atoms with Crippen molar-refractivity contribution in [2.24, 2.45) is 0 Å². The molecule has 96 valence electrons. The van der Waals surface area contributed by atoms with E-state index in [9.17, 15) is 4.79 Å². The molecule has 0 spiro atoms. The third kappa shape index (κ3) is 12.1. The van der Waals surface area contributed by atoms with Crippen LogP contribution in [0.5, 0.6) is 0 Å². The van der Waals surface area contributed by atoms with Crippen LogP contribution in [0, 0.1) is 0 Å². The summed E-state index contributed by atoms with van der Waals surface area (Å²) in [6.45, 7) is 7.06. The summed E-state index contributed by atoms with van der Waals surface area (Å²) in [5.41, 5.74) is 1.53. The highest BCUT2D eigenvalue weighted by Gasteiger charge is 2.02. The van der Waals surface area contributed by atoms with Crippen LogP contribution in [0.2, 0.25) is 0 Å². The van der Waals surface area contributed by atoms with E-state index in [0.717, 1.165) is 13.3 Å². The van der Waals surface area contributed by atoms with Crippen molar-refractivity contribution in [2.45, 2.75) is 34.1 Å². The molecule has 0 amide bonds. The van der Waals surface area contributed by atoms with Gasteiger partial charge in [-0.3, -0.25) is 4.79 Å². The van der Waals surface area contributed by atoms with Crippen LogP contribution in [0.3, 0.4) is 0 Å². The van der Waals surface area contributed by atoms with Crippen molar-refractivity contribution in [3.63, 3.8) is 0 Å². The van der Waals surface area contributed by atoms with Gasteiger partial charge in [-0.15, -0.1) is 0 Å². The maximum Gasteiger partial charge on any atom is 0.335 e. The summed E-state index contributed by atoms with van der Waals surface area (Å²) in [5.74, 6) is -1.70. The van der Waals surface area contributed by atoms with Crippen molar-refractivity contribution in [1.29, 1.82) is 0 Å². The van der Waals surface area contributed by atoms with Crippen LogP contribution in [0.4, 0.5) is 0 Å². The number of hydrogen-bond acceptors (Lipinski definition) is 2. The SMILES string of the molecule is CC.CC(=O)O.CC1=CC=C(C(=O)O)C=CC1. The summed E-state index contributed by atoms with van der Waals surface area (Å²) in [6, 6.07) is 0. The van der Waals surface area contributed by atoms with Gasteiger partial charge in [0.25, 0.3) is 5.97 Å². The third-order valence-corrected chi connectivity index (χ3v) is 1.53. The fourth-order valence-electron chi connectivity index (χ4n) is 0.870. The lowest BCUT2D eigenvalue weighted by atomic mass is 10.2. The zero-order valence-electron chi connectivity index (χ0n) is 10.7. The molecule has 1 aliphatic carbocycles. The smallest absolute Gasteiger partial charge is 0.335 e. The molecule has 2 N–H and O–H groups in total. The second kappa shape index (κ2) is 10.7. The fourth-order valence-corrected chi connectivity index (χ4v) is 0.870. The van der Waals surface area contributed by atoms with Gasteiger partial charge in [-0.25, -0.2) is 4.79 Å². The van der Waals surface area contributed by atoms with Crippen molar-refractivity contribution >= 4 is 11.9 Å². The van der Waals surface area contributed by atoms with Gasteiger partial charge in [0.2, 0.25) is 0 Å². The van der Waals surface area contributed by atoms with Gasteiger partial charge in [0.15, 0.2) is 0 Å². The number of allylic oxidation sites excluding steroid dienone is 4. The van der Waals surface area contributed by atoms with Crippen molar-refractivity contribution in [1.82, 2.24) is 0 Å². The zero-order chi connectivity index (χ0) is 13.8. The standard InChI is InChI=1S/C9H10O2.C2H4O2.C2H6/c1-7-3-2-4-8(6-5-7)9(10)11;1-2(3)4;1-2/h2,4-6H,3H2,1H3,(H,10,11);1H3,(H,3,4);1-2H3. The van der Waals surface area contributed by atoms with Crippen LogP contribution in [0.1, 0.15) is 34.1 Å². The Morgan fingerprint density at radius 1 is 1.18 bits per heavy atom. The Morgan fingerprint density at radius 2 is 1.65 bits per heavy atom. The summed E-state index contributed by atoms with van der Waals surface area (Å²) in [4.78, 5) is 19.5. The molecule has 1 aliphatic rings. The minimum atomic E-state index is -0.868. The molecule has 0 aromatic carbocycles. The van der Waals surface area contributed by atoms with Crippen molar-refractivity contribution in [3.05, 3.63) is 35.5 Å². The van der Waals surface area contributed by atoms with E-state index < -0.39 is 11.9 Å². The van der Waals surface area contributed by atoms with E-state index in [4.69, 9.17) is 15.0 Å². The Balaban J connectivity index is 0. The van der Waals surface area contributed by atoms with Gasteiger partial charge >= 0.3 is 5.97 Å². The lowest BCUT2D eigenvalue weighted by Gasteiger charge is -1.87. The van der Waals surface area contributed by atoms with Crippen LogP contribution in [-0.2, 0) is 9.59 Å². The van der Waals surface area contributed by atoms with Crippen LogP contribution in [0.15, 0.2) is 35.5 Å². The van der Waals surface area contributed by atoms with E-state index in [-0.39, 0.29) is 0 Å². The second-order valence-corrected chi connectivity index (χ2v) is 3.07. The first kappa shape index (κ1) is 17.6. The van der Waals surface area contributed by atoms with Gasteiger partial charge in [0.05, 0.1) is 5.57 Å². The summed E-state index contributed by atoms with van der Waals surface area (Å²) in [7, 11) is 0. The molecule has 0 unspecified atom stereocenters. The van der Waals surface area contributed by atoms with Gasteiger partial charge in [-0.2, -0.15) is 0 Å². The van der Waals surface area contributed by atoms with Gasteiger partial charge in [0, 0.05) is 6.92 Å². The number of aliphatic carboxylic acids is 2. The van der Waals surface area contributed by atoms with E-state index in [1.807, 2.05) is 32.9 Å². The molecule has 0 aromatic heterocycles. The molecule has 1 rings (SSSR count). The highest BCUT2D eigenvalue weighted by molar-refractivity contribution is 5.90. The Labute approximate surface area is 102 Å². The van der Waals surface area contributed by atoms with Gasteiger partial charge in [0.1, 0.15) is 0 Å². The van der Waals surface area contributed by atoms with Crippen molar-refractivity contribution in [2.75, 3.05) is 0 Å². The molecule has 4 heteroatoms. The molecule has 0 aliphatic heterocycles. The van der Waals surface area contributed by atoms with E-state index in [2.05, 4.69) is 0 Å². The number of carboxylic acid groups (broad SMARTS) is 2. The zero-order valence-corrected chi connectivity index (χ0v) is 10.7. The van der Waals surface area contributed by atoms with Gasteiger partial charge in [-0.05, 0) is 19.4 Å². The van der Waals surface area contributed by atoms with Crippen molar-refractivity contribution in [3.8, 4) is 0 Å². The predicted octanol–water partition coefficient (Wildman–Crippen LogP) is 3.02. The van der Waals surface area contributed by atoms with Crippen LogP contribution in [-0.4, -0.2) is 22.2 Å². The van der Waals surface area contributed by atoms with E-state index in [1.54, 1.807) is 12.2 Å². The number of carbonyl (C=O) groups is 2. The molecule has 17 heavy (non-hydrogen) atoms. The third-order valence-electron chi connectivity index (χ3n) is 1.53. The molecule has 0 radical (unpaired) electrons. The van der Waals surface area contributed by atoms with E-state index in [1.165, 1.54) is 5.57 Å². The van der Waals surface area contributed by atoms with Crippen LogP contribution < -0.4 is 0 Å². The Kier molecular flexibility index (Phi) is 11.0. The first-order valence-corrected chi connectivity index (χ1v) is 5.40. The van der Waals surface area contributed by atoms with Gasteiger partial charge in [-0.1, -0.05) is 37.6 Å². The maximum absolute atomic E-state index is 10.5. The minimum Gasteiger partial charge on any atom is -0.481 e. The quantitative estimate of drug-likeness (QED) is 0.738. The average Bonchev–Trinajstić information content (AvgIpc) is 2.45. The molecule has 0 heterocycles. The molecule has 0 atom stereocenters. The number of carboxylic acids is 2. The molecule has 0 saturated carbocycles. The average molecular weight is 240 g/mol. The summed E-state index contributed by atoms with van der Waals surface area (Å²) in [5, 5.41) is 16.0. The lowest BCUT2D eigenvalue weighted by molar-refractivity contribution is -0.134. The highest BCUT2D eigenvalue weighted by Crippen LogP contribution is 2.09. The normalized spacial score (nSPS) is 12.7. The Hall–Kier alpha value is -1.84. The molecule has 0 saturated heterocycles. The lowest BCUT2D eigenvalue weighted by Crippen LogP contribution is -1.95. The molecular formula is C13H20O4. The monoisotopic (exact) mass is 240 g/mol. The van der Waals surface area contributed by atoms with Gasteiger partial charge < -0.3 is 10.2 Å². The summed E-state index contributed by atoms with van der Waals surface area (Å²) in [6.07, 6.45) is 7.80. The van der Waals surface area contributed by atoms with Crippen molar-refractivity contribution < 1.29 is 19.8 Å². The second-order valence-electron chi connectivity index (χ2n) is 3.07. The Bertz CT molecular complexity index is 331. The predicted molar refractivity (Wildman–Crippen MR) is 67.9 cm³/mol. The molecular weight excluding hydrogens is 220 g/mol. The number of hydrogen-bond donors (Lipinski definition) is 2. The van der Waals surface area contributed by atoms with E-state index in [0.29, 0.717) is 5.57 Å². The van der Waals surface area contributed by atoms with E-state index >= 15 is 0 Å². The first-order valence-electron chi connectivity index (χ1n) is 5.40. The summed E-state index contributed by atoms with van der Waals surface area (Å²) >= 11 is 0. The Morgan fingerprint density at radius 3 is 2.06 bits per heavy atom. The molecule has 4 nitrogen and oxygen atoms in total. The molecule has 0 fully saturated rings. The minimum absolute atomic E-state index is 0.349. The van der Waals surface area contributed by atoms with Crippen LogP contribution >= 0.6 is 0 Å². The first-order chi connectivity index (χ1) is 7.93. The topological polar surface area (TPSA) is 74.6 Å². The summed E-state index contributed by atoms with van der Waals surface area (Å²) < 4.78 is 0. The molecule has 0 aromatic rings.